The van der Waals surface area contributed by atoms with Crippen molar-refractivity contribution in [3.63, 3.8) is 0 Å². The van der Waals surface area contributed by atoms with E-state index in [1.807, 2.05) is 25.1 Å². The van der Waals surface area contributed by atoms with E-state index in [1.165, 1.54) is 11.1 Å². The molecule has 1 aliphatic carbocycles. The molecule has 1 aliphatic rings. The van der Waals surface area contributed by atoms with E-state index in [4.69, 9.17) is 21.1 Å². The number of hydrogen-bond acceptors (Lipinski definition) is 5. The van der Waals surface area contributed by atoms with Crippen LogP contribution in [0.2, 0.25) is 5.02 Å². The van der Waals surface area contributed by atoms with Gasteiger partial charge in [0, 0.05) is 23.5 Å². The highest BCUT2D eigenvalue weighted by Crippen LogP contribution is 2.32. The molecule has 2 aromatic rings. The second kappa shape index (κ2) is 12.9. The maximum Gasteiger partial charge on any atom is 0.306 e. The molecule has 0 bridgehead atoms. The number of β-amino-alcohol motifs (C(OH)–C–C–N with tert-alkyl or cyclic N) is 1. The highest BCUT2D eigenvalue weighted by molar-refractivity contribution is 6.31. The first-order valence-corrected chi connectivity index (χ1v) is 13.1. The number of ether oxygens (including phenoxy) is 2. The third kappa shape index (κ3) is 8.32. The predicted molar refractivity (Wildman–Crippen MR) is 141 cm³/mol. The molecule has 0 spiro atoms. The molecule has 0 fully saturated rings. The van der Waals surface area contributed by atoms with Crippen molar-refractivity contribution in [2.24, 2.45) is 5.92 Å². The number of halogens is 1. The van der Waals surface area contributed by atoms with Crippen LogP contribution in [0, 0.1) is 5.92 Å². The first-order chi connectivity index (χ1) is 16.7. The number of hydrogen-bond donors (Lipinski definition) is 2. The summed E-state index contributed by atoms with van der Waals surface area (Å²) in [6.45, 7) is 9.19. The summed E-state index contributed by atoms with van der Waals surface area (Å²) in [5.41, 5.74) is 4.69. The normalized spacial score (nSPS) is 15.6. The minimum atomic E-state index is -0.625. The summed E-state index contributed by atoms with van der Waals surface area (Å²) in [4.78, 5) is 11.8. The smallest absolute Gasteiger partial charge is 0.306 e. The van der Waals surface area contributed by atoms with Crippen LogP contribution >= 0.6 is 11.6 Å². The van der Waals surface area contributed by atoms with Crippen molar-refractivity contribution in [1.82, 2.24) is 5.32 Å². The van der Waals surface area contributed by atoms with E-state index in [2.05, 4.69) is 43.4 Å². The van der Waals surface area contributed by atoms with Gasteiger partial charge in [0.1, 0.15) is 0 Å². The van der Waals surface area contributed by atoms with Crippen LogP contribution in [0.5, 0.6) is 0 Å². The lowest BCUT2D eigenvalue weighted by Gasteiger charge is -2.31. The molecule has 0 radical (unpaired) electrons. The molecule has 2 aromatic carbocycles. The maximum atomic E-state index is 11.8. The molecule has 0 amide bonds. The summed E-state index contributed by atoms with van der Waals surface area (Å²) in [6.07, 6.45) is 3.18. The standard InChI is InChI=1S/C29H40ClNO4/c1-5-34-28(33)14-13-26-25(11-8-12-27(26)30)20(2)35-19-24(32)18-31-29(3,4)17-21-15-22-9-6-7-10-23(22)16-21/h6-12,20-21,24,31-32H,5,13-19H2,1-4H3/t20-,24-/m1/s1. The Bertz CT molecular complexity index is 952. The quantitative estimate of drug-likeness (QED) is 0.357. The summed E-state index contributed by atoms with van der Waals surface area (Å²) < 4.78 is 11.1. The maximum absolute atomic E-state index is 11.8. The zero-order valence-corrected chi connectivity index (χ0v) is 22.2. The molecule has 2 N–H and O–H groups in total. The average Bonchev–Trinajstić information content (AvgIpc) is 3.22. The molecule has 6 heteroatoms. The largest absolute Gasteiger partial charge is 0.466 e. The molecule has 3 rings (SSSR count). The highest BCUT2D eigenvalue weighted by Gasteiger charge is 2.28. The lowest BCUT2D eigenvalue weighted by Crippen LogP contribution is -2.45. The minimum absolute atomic E-state index is 0.0769. The van der Waals surface area contributed by atoms with Gasteiger partial charge in [-0.1, -0.05) is 48.0 Å². The zero-order valence-electron chi connectivity index (χ0n) is 21.5. The summed E-state index contributed by atoms with van der Waals surface area (Å²) >= 11 is 6.43. The molecule has 2 atom stereocenters. The molecule has 0 aromatic heterocycles. The van der Waals surface area contributed by atoms with Gasteiger partial charge < -0.3 is 19.9 Å². The van der Waals surface area contributed by atoms with Gasteiger partial charge in [0.15, 0.2) is 0 Å². The van der Waals surface area contributed by atoms with Crippen molar-refractivity contribution in [2.45, 2.75) is 77.5 Å². The summed E-state index contributed by atoms with van der Waals surface area (Å²) in [6, 6.07) is 14.4. The molecule has 0 unspecified atom stereocenters. The van der Waals surface area contributed by atoms with Crippen molar-refractivity contribution in [3.05, 3.63) is 69.7 Å². The van der Waals surface area contributed by atoms with Gasteiger partial charge in [0.05, 0.1) is 25.4 Å². The lowest BCUT2D eigenvalue weighted by molar-refractivity contribution is -0.143. The van der Waals surface area contributed by atoms with Gasteiger partial charge in [-0.05, 0) is 87.6 Å². The predicted octanol–water partition coefficient (Wildman–Crippen LogP) is 5.45. The van der Waals surface area contributed by atoms with E-state index < -0.39 is 6.10 Å². The fourth-order valence-corrected chi connectivity index (χ4v) is 5.34. The molecule has 35 heavy (non-hydrogen) atoms. The minimum Gasteiger partial charge on any atom is -0.466 e. The van der Waals surface area contributed by atoms with Crippen molar-refractivity contribution < 1.29 is 19.4 Å². The van der Waals surface area contributed by atoms with Crippen LogP contribution < -0.4 is 5.32 Å². The number of fused-ring (bicyclic) bond motifs is 1. The van der Waals surface area contributed by atoms with Crippen LogP contribution in [0.25, 0.3) is 0 Å². The van der Waals surface area contributed by atoms with Crippen LogP contribution in [0.4, 0.5) is 0 Å². The molecular weight excluding hydrogens is 462 g/mol. The van der Waals surface area contributed by atoms with Crippen LogP contribution in [-0.4, -0.2) is 42.5 Å². The van der Waals surface area contributed by atoms with E-state index in [0.717, 1.165) is 30.4 Å². The number of carbonyl (C=O) groups excluding carboxylic acids is 1. The van der Waals surface area contributed by atoms with Crippen molar-refractivity contribution in [1.29, 1.82) is 0 Å². The number of aliphatic hydroxyl groups excluding tert-OH is 1. The Hall–Kier alpha value is -1.92. The number of aliphatic hydroxyl groups is 1. The van der Waals surface area contributed by atoms with E-state index in [0.29, 0.717) is 30.5 Å². The first-order valence-electron chi connectivity index (χ1n) is 12.7. The fraction of sp³-hybridized carbons (Fsp3) is 0.552. The van der Waals surface area contributed by atoms with Crippen molar-refractivity contribution in [2.75, 3.05) is 19.8 Å². The Morgan fingerprint density at radius 3 is 2.51 bits per heavy atom. The van der Waals surface area contributed by atoms with Crippen LogP contribution in [0.1, 0.15) is 68.9 Å². The van der Waals surface area contributed by atoms with Crippen LogP contribution in [0.15, 0.2) is 42.5 Å². The second-order valence-corrected chi connectivity index (χ2v) is 10.7. The Labute approximate surface area is 215 Å². The van der Waals surface area contributed by atoms with E-state index in [9.17, 15) is 9.90 Å². The van der Waals surface area contributed by atoms with Crippen LogP contribution in [0.3, 0.4) is 0 Å². The van der Waals surface area contributed by atoms with Gasteiger partial charge >= 0.3 is 5.97 Å². The topological polar surface area (TPSA) is 67.8 Å². The number of esters is 1. The molecule has 0 heterocycles. The Kier molecular flexibility index (Phi) is 10.2. The lowest BCUT2D eigenvalue weighted by atomic mass is 9.88. The average molecular weight is 502 g/mol. The molecule has 5 nitrogen and oxygen atoms in total. The molecule has 0 saturated carbocycles. The fourth-order valence-electron chi connectivity index (χ4n) is 5.07. The monoisotopic (exact) mass is 501 g/mol. The number of carbonyl (C=O) groups is 1. The third-order valence-electron chi connectivity index (χ3n) is 6.77. The number of rotatable bonds is 13. The van der Waals surface area contributed by atoms with Gasteiger partial charge in [-0.25, -0.2) is 0 Å². The number of nitrogens with one attached hydrogen (secondary N) is 1. The van der Waals surface area contributed by atoms with E-state index >= 15 is 0 Å². The molecular formula is C29H40ClNO4. The zero-order chi connectivity index (χ0) is 25.4. The molecule has 0 saturated heterocycles. The van der Waals surface area contributed by atoms with Crippen molar-refractivity contribution >= 4 is 17.6 Å². The second-order valence-electron chi connectivity index (χ2n) is 10.3. The molecule has 192 valence electrons. The van der Waals surface area contributed by atoms with E-state index in [1.54, 1.807) is 6.92 Å². The first kappa shape index (κ1) is 27.7. The number of benzene rings is 2. The van der Waals surface area contributed by atoms with Crippen LogP contribution in [-0.2, 0) is 33.5 Å². The van der Waals surface area contributed by atoms with Gasteiger partial charge in [0.25, 0.3) is 0 Å². The van der Waals surface area contributed by atoms with E-state index in [-0.39, 0.29) is 30.6 Å². The summed E-state index contributed by atoms with van der Waals surface area (Å²) in [5.74, 6) is 0.386. The van der Waals surface area contributed by atoms with Gasteiger partial charge in [-0.2, -0.15) is 0 Å². The molecule has 0 aliphatic heterocycles. The van der Waals surface area contributed by atoms with Crippen molar-refractivity contribution in [3.8, 4) is 0 Å². The SMILES string of the molecule is CCOC(=O)CCc1c(Cl)cccc1[C@@H](C)OC[C@H](O)CNC(C)(C)CC1Cc2ccccc2C1. The van der Waals surface area contributed by atoms with Gasteiger partial charge in [-0.15, -0.1) is 0 Å². The van der Waals surface area contributed by atoms with Gasteiger partial charge in [-0.3, -0.25) is 4.79 Å². The Morgan fingerprint density at radius 2 is 1.86 bits per heavy atom. The Balaban J connectivity index is 1.46. The van der Waals surface area contributed by atoms with Gasteiger partial charge in [0.2, 0.25) is 0 Å². The highest BCUT2D eigenvalue weighted by atomic mass is 35.5. The Morgan fingerprint density at radius 1 is 1.17 bits per heavy atom. The third-order valence-corrected chi connectivity index (χ3v) is 7.12. The summed E-state index contributed by atoms with van der Waals surface area (Å²) in [7, 11) is 0. The summed E-state index contributed by atoms with van der Waals surface area (Å²) in [5, 5.41) is 14.7.